The summed E-state index contributed by atoms with van der Waals surface area (Å²) in [6.45, 7) is 8.44. The van der Waals surface area contributed by atoms with Gasteiger partial charge in [-0.3, -0.25) is 0 Å². The van der Waals surface area contributed by atoms with Crippen molar-refractivity contribution in [2.24, 2.45) is 11.8 Å². The highest BCUT2D eigenvalue weighted by molar-refractivity contribution is 7.15. The number of methoxy groups -OCH3 is 1. The molecule has 1 saturated heterocycles. The number of thiazole rings is 1. The summed E-state index contributed by atoms with van der Waals surface area (Å²) >= 11 is 1.81. The molecule has 0 aliphatic carbocycles. The summed E-state index contributed by atoms with van der Waals surface area (Å²) in [4.78, 5) is 8.54. The van der Waals surface area contributed by atoms with Gasteiger partial charge in [-0.05, 0) is 31.7 Å². The van der Waals surface area contributed by atoms with Crippen molar-refractivity contribution < 1.29 is 4.74 Å². The van der Waals surface area contributed by atoms with Gasteiger partial charge in [-0.15, -0.1) is 11.3 Å². The Hall–Kier alpha value is -0.650. The van der Waals surface area contributed by atoms with Crippen molar-refractivity contribution in [3.05, 3.63) is 10.6 Å². The second kappa shape index (κ2) is 7.38. The van der Waals surface area contributed by atoms with Crippen molar-refractivity contribution in [3.63, 3.8) is 0 Å². The molecule has 0 saturated carbocycles. The van der Waals surface area contributed by atoms with E-state index in [2.05, 4.69) is 24.1 Å². The van der Waals surface area contributed by atoms with Crippen molar-refractivity contribution in [1.29, 1.82) is 0 Å². The van der Waals surface area contributed by atoms with Crippen molar-refractivity contribution >= 4 is 16.5 Å². The maximum absolute atomic E-state index is 5.26. The minimum Gasteiger partial charge on any atom is -0.378 e. The highest BCUT2D eigenvalue weighted by atomic mass is 32.1. The van der Waals surface area contributed by atoms with Gasteiger partial charge in [0, 0.05) is 31.6 Å². The normalized spacial score (nSPS) is 17.1. The van der Waals surface area contributed by atoms with Crippen LogP contribution in [0.3, 0.4) is 0 Å². The van der Waals surface area contributed by atoms with Crippen LogP contribution in [0.2, 0.25) is 0 Å². The maximum atomic E-state index is 5.26. The third-order valence-electron chi connectivity index (χ3n) is 4.14. The standard InChI is InChI=1S/C15H27N3OS/c1-11(2)12-5-7-18(8-6-12)15-17-13(10-19-4)14(20-15)9-16-3/h11-12,16H,5-10H2,1-4H3. The summed E-state index contributed by atoms with van der Waals surface area (Å²) in [5, 5.41) is 4.39. The largest absolute Gasteiger partial charge is 0.378 e. The molecule has 0 unspecified atom stereocenters. The number of nitrogens with zero attached hydrogens (tertiary/aromatic N) is 2. The van der Waals surface area contributed by atoms with Crippen LogP contribution in [0.5, 0.6) is 0 Å². The summed E-state index contributed by atoms with van der Waals surface area (Å²) in [6.07, 6.45) is 2.58. The van der Waals surface area contributed by atoms with E-state index < -0.39 is 0 Å². The zero-order chi connectivity index (χ0) is 14.5. The van der Waals surface area contributed by atoms with E-state index in [0.717, 1.165) is 37.2 Å². The van der Waals surface area contributed by atoms with Gasteiger partial charge in [-0.1, -0.05) is 13.8 Å². The molecule has 1 fully saturated rings. The zero-order valence-corrected chi connectivity index (χ0v) is 13.9. The lowest BCUT2D eigenvalue weighted by Gasteiger charge is -2.33. The Morgan fingerprint density at radius 3 is 2.65 bits per heavy atom. The summed E-state index contributed by atoms with van der Waals surface area (Å²) < 4.78 is 5.26. The monoisotopic (exact) mass is 297 g/mol. The van der Waals surface area contributed by atoms with E-state index in [4.69, 9.17) is 9.72 Å². The molecule has 20 heavy (non-hydrogen) atoms. The van der Waals surface area contributed by atoms with Crippen LogP contribution < -0.4 is 10.2 Å². The fourth-order valence-electron chi connectivity index (χ4n) is 2.81. The fourth-order valence-corrected chi connectivity index (χ4v) is 3.94. The predicted molar refractivity (Wildman–Crippen MR) is 85.4 cm³/mol. The van der Waals surface area contributed by atoms with Crippen molar-refractivity contribution in [1.82, 2.24) is 10.3 Å². The van der Waals surface area contributed by atoms with Crippen LogP contribution in [-0.2, 0) is 17.9 Å². The van der Waals surface area contributed by atoms with Crippen LogP contribution >= 0.6 is 11.3 Å². The van der Waals surface area contributed by atoms with Crippen molar-refractivity contribution in [2.45, 2.75) is 39.8 Å². The quantitative estimate of drug-likeness (QED) is 0.876. The first kappa shape index (κ1) is 15.7. The van der Waals surface area contributed by atoms with E-state index in [1.54, 1.807) is 7.11 Å². The molecule has 0 aromatic carbocycles. The Morgan fingerprint density at radius 1 is 1.40 bits per heavy atom. The van der Waals surface area contributed by atoms with Gasteiger partial charge < -0.3 is 15.0 Å². The molecule has 1 aromatic heterocycles. The SMILES string of the molecule is CNCc1sc(N2CCC(C(C)C)CC2)nc1COC. The Labute approximate surface area is 126 Å². The van der Waals surface area contributed by atoms with Gasteiger partial charge in [0.2, 0.25) is 0 Å². The number of hydrogen-bond donors (Lipinski definition) is 1. The van der Waals surface area contributed by atoms with Gasteiger partial charge in [0.1, 0.15) is 0 Å². The number of rotatable bonds is 6. The Kier molecular flexibility index (Phi) is 5.81. The molecule has 1 aromatic rings. The molecule has 114 valence electrons. The second-order valence-electron chi connectivity index (χ2n) is 5.90. The van der Waals surface area contributed by atoms with Gasteiger partial charge in [0.15, 0.2) is 5.13 Å². The van der Waals surface area contributed by atoms with E-state index in [9.17, 15) is 0 Å². The lowest BCUT2D eigenvalue weighted by molar-refractivity contribution is 0.181. The minimum absolute atomic E-state index is 0.607. The third-order valence-corrected chi connectivity index (χ3v) is 5.30. The molecule has 0 spiro atoms. The summed E-state index contributed by atoms with van der Waals surface area (Å²) in [5.74, 6) is 1.68. The highest BCUT2D eigenvalue weighted by Crippen LogP contribution is 2.32. The summed E-state index contributed by atoms with van der Waals surface area (Å²) in [6, 6.07) is 0. The van der Waals surface area contributed by atoms with E-state index in [1.807, 2.05) is 18.4 Å². The van der Waals surface area contributed by atoms with Gasteiger partial charge in [-0.25, -0.2) is 4.98 Å². The minimum atomic E-state index is 0.607. The van der Waals surface area contributed by atoms with Crippen molar-refractivity contribution in [3.8, 4) is 0 Å². The molecule has 0 amide bonds. The van der Waals surface area contributed by atoms with E-state index in [-0.39, 0.29) is 0 Å². The molecule has 4 nitrogen and oxygen atoms in total. The Bertz CT molecular complexity index is 388. The molecule has 0 bridgehead atoms. The average molecular weight is 297 g/mol. The first-order chi connectivity index (χ1) is 9.65. The van der Waals surface area contributed by atoms with Crippen LogP contribution in [0.4, 0.5) is 5.13 Å². The van der Waals surface area contributed by atoms with Gasteiger partial charge >= 0.3 is 0 Å². The number of piperidine rings is 1. The van der Waals surface area contributed by atoms with Gasteiger partial charge in [0.05, 0.1) is 12.3 Å². The number of hydrogen-bond acceptors (Lipinski definition) is 5. The average Bonchev–Trinajstić information content (AvgIpc) is 2.83. The maximum Gasteiger partial charge on any atom is 0.185 e. The van der Waals surface area contributed by atoms with Crippen LogP contribution in [0.1, 0.15) is 37.3 Å². The van der Waals surface area contributed by atoms with Gasteiger partial charge in [0.25, 0.3) is 0 Å². The fraction of sp³-hybridized carbons (Fsp3) is 0.800. The smallest absolute Gasteiger partial charge is 0.185 e. The number of nitrogens with one attached hydrogen (secondary N) is 1. The van der Waals surface area contributed by atoms with E-state index in [0.29, 0.717) is 6.61 Å². The lowest BCUT2D eigenvalue weighted by atomic mass is 9.87. The number of anilines is 1. The molecular weight excluding hydrogens is 270 g/mol. The highest BCUT2D eigenvalue weighted by Gasteiger charge is 2.24. The first-order valence-corrected chi connectivity index (χ1v) is 8.34. The van der Waals surface area contributed by atoms with Crippen molar-refractivity contribution in [2.75, 3.05) is 32.1 Å². The molecule has 5 heteroatoms. The van der Waals surface area contributed by atoms with Crippen LogP contribution in [0.15, 0.2) is 0 Å². The summed E-state index contributed by atoms with van der Waals surface area (Å²) in [5.41, 5.74) is 1.09. The van der Waals surface area contributed by atoms with E-state index >= 15 is 0 Å². The van der Waals surface area contributed by atoms with E-state index in [1.165, 1.54) is 22.9 Å². The van der Waals surface area contributed by atoms with Crippen LogP contribution in [0.25, 0.3) is 0 Å². The molecule has 2 rings (SSSR count). The lowest BCUT2D eigenvalue weighted by Crippen LogP contribution is -2.35. The topological polar surface area (TPSA) is 37.4 Å². The Morgan fingerprint density at radius 2 is 2.10 bits per heavy atom. The zero-order valence-electron chi connectivity index (χ0n) is 13.1. The van der Waals surface area contributed by atoms with Crippen LogP contribution in [-0.4, -0.2) is 32.2 Å². The molecule has 0 radical (unpaired) electrons. The van der Waals surface area contributed by atoms with Gasteiger partial charge in [-0.2, -0.15) is 0 Å². The molecule has 1 aliphatic rings. The first-order valence-electron chi connectivity index (χ1n) is 7.52. The molecular formula is C15H27N3OS. The predicted octanol–water partition coefficient (Wildman–Crippen LogP) is 2.88. The molecule has 0 atom stereocenters. The second-order valence-corrected chi connectivity index (χ2v) is 6.96. The summed E-state index contributed by atoms with van der Waals surface area (Å²) in [7, 11) is 3.71. The Balaban J connectivity index is 2.04. The molecule has 1 aliphatic heterocycles. The molecule has 2 heterocycles. The third kappa shape index (κ3) is 3.71. The molecule has 1 N–H and O–H groups in total. The number of ether oxygens (including phenoxy) is 1. The number of aromatic nitrogens is 1. The van der Waals surface area contributed by atoms with Crippen LogP contribution in [0, 0.1) is 11.8 Å².